The van der Waals surface area contributed by atoms with Crippen LogP contribution in [-0.4, -0.2) is 40.5 Å². The van der Waals surface area contributed by atoms with E-state index in [-0.39, 0.29) is 12.7 Å². The lowest BCUT2D eigenvalue weighted by atomic mass is 9.82. The number of ether oxygens (including phenoxy) is 7. The summed E-state index contributed by atoms with van der Waals surface area (Å²) >= 11 is 0. The monoisotopic (exact) mass is 416 g/mol. The molecule has 0 aromatic heterocycles. The molecule has 2 heterocycles. The van der Waals surface area contributed by atoms with Gasteiger partial charge in [-0.25, -0.2) is 0 Å². The van der Waals surface area contributed by atoms with Gasteiger partial charge in [-0.15, -0.1) is 0 Å². The molecule has 0 spiro atoms. The van der Waals surface area contributed by atoms with Crippen LogP contribution in [0.1, 0.15) is 43.7 Å². The van der Waals surface area contributed by atoms with Gasteiger partial charge in [0.15, 0.2) is 23.0 Å². The Balaban J connectivity index is 1.84. The Morgan fingerprint density at radius 1 is 0.933 bits per heavy atom. The highest BCUT2D eigenvalue weighted by molar-refractivity contribution is 5.59. The van der Waals surface area contributed by atoms with E-state index in [1.54, 1.807) is 21.3 Å². The van der Waals surface area contributed by atoms with Crippen LogP contribution in [0.15, 0.2) is 24.3 Å². The van der Waals surface area contributed by atoms with E-state index in [0.717, 1.165) is 23.3 Å². The summed E-state index contributed by atoms with van der Waals surface area (Å²) < 4.78 is 40.3. The van der Waals surface area contributed by atoms with Crippen molar-refractivity contribution in [3.63, 3.8) is 0 Å². The van der Waals surface area contributed by atoms with Crippen molar-refractivity contribution in [3.8, 4) is 34.5 Å². The van der Waals surface area contributed by atoms with E-state index >= 15 is 0 Å². The molecule has 0 bridgehead atoms. The third kappa shape index (κ3) is 3.58. The molecule has 2 aliphatic rings. The molecule has 2 aromatic carbocycles. The lowest BCUT2D eigenvalue weighted by molar-refractivity contribution is -0.182. The standard InChI is InChI=1S/C23H28O7/c1-6-7-29-23(2)12-16(14-8-20(24-3)22(26-5)21(9-14)25-4)15-10-18-19(28-13-27-18)11-17(15)30-23/h8-11,16H,6-7,12-13H2,1-5H3/t16-,23-/m0/s1. The van der Waals surface area contributed by atoms with Crippen LogP contribution in [0.3, 0.4) is 0 Å². The number of rotatable bonds is 7. The Kier molecular flexibility index (Phi) is 5.56. The Morgan fingerprint density at radius 2 is 1.60 bits per heavy atom. The van der Waals surface area contributed by atoms with Crippen molar-refractivity contribution in [2.75, 3.05) is 34.7 Å². The van der Waals surface area contributed by atoms with E-state index in [1.165, 1.54) is 0 Å². The molecule has 2 aliphatic heterocycles. The molecule has 30 heavy (non-hydrogen) atoms. The first kappa shape index (κ1) is 20.5. The van der Waals surface area contributed by atoms with Crippen molar-refractivity contribution in [1.29, 1.82) is 0 Å². The molecule has 0 amide bonds. The van der Waals surface area contributed by atoms with Crippen LogP contribution in [-0.2, 0) is 4.74 Å². The van der Waals surface area contributed by atoms with Crippen molar-refractivity contribution in [3.05, 3.63) is 35.4 Å². The van der Waals surface area contributed by atoms with Gasteiger partial charge in [-0.05, 0) is 30.2 Å². The molecule has 2 atom stereocenters. The summed E-state index contributed by atoms with van der Waals surface area (Å²) in [5.41, 5.74) is 2.02. The highest BCUT2D eigenvalue weighted by Gasteiger charge is 2.41. The fraction of sp³-hybridized carbons (Fsp3) is 0.478. The van der Waals surface area contributed by atoms with Gasteiger partial charge < -0.3 is 33.2 Å². The SMILES string of the molecule is CCCO[C@]1(C)C[C@@H](c2cc(OC)c(OC)c(OC)c2)c2cc3c(cc2O1)OCO3. The Morgan fingerprint density at radius 3 is 2.20 bits per heavy atom. The summed E-state index contributed by atoms with van der Waals surface area (Å²) in [6, 6.07) is 7.83. The van der Waals surface area contributed by atoms with Crippen LogP contribution in [0.25, 0.3) is 0 Å². The van der Waals surface area contributed by atoms with E-state index < -0.39 is 5.79 Å². The minimum Gasteiger partial charge on any atom is -0.493 e. The molecule has 0 saturated carbocycles. The third-order valence-corrected chi connectivity index (χ3v) is 5.48. The average molecular weight is 416 g/mol. The van der Waals surface area contributed by atoms with Gasteiger partial charge in [-0.2, -0.15) is 0 Å². The average Bonchev–Trinajstić information content (AvgIpc) is 3.22. The van der Waals surface area contributed by atoms with Crippen LogP contribution >= 0.6 is 0 Å². The van der Waals surface area contributed by atoms with Gasteiger partial charge in [0.2, 0.25) is 18.3 Å². The van der Waals surface area contributed by atoms with Crippen LogP contribution in [0, 0.1) is 0 Å². The molecule has 0 fully saturated rings. The minimum absolute atomic E-state index is 0.0289. The van der Waals surface area contributed by atoms with Crippen LogP contribution < -0.4 is 28.4 Å². The fourth-order valence-corrected chi connectivity index (χ4v) is 4.06. The molecule has 0 saturated heterocycles. The van der Waals surface area contributed by atoms with Gasteiger partial charge in [0, 0.05) is 30.9 Å². The number of benzene rings is 2. The predicted octanol–water partition coefficient (Wildman–Crippen LogP) is 4.50. The molecule has 4 rings (SSSR count). The number of fused-ring (bicyclic) bond motifs is 2. The number of hydrogen-bond acceptors (Lipinski definition) is 7. The molecule has 0 aliphatic carbocycles. The lowest BCUT2D eigenvalue weighted by Crippen LogP contribution is -2.41. The number of methoxy groups -OCH3 is 3. The fourth-order valence-electron chi connectivity index (χ4n) is 4.06. The smallest absolute Gasteiger partial charge is 0.231 e. The van der Waals surface area contributed by atoms with E-state index in [2.05, 4.69) is 6.92 Å². The van der Waals surface area contributed by atoms with Crippen molar-refractivity contribution < 1.29 is 33.2 Å². The maximum atomic E-state index is 6.31. The third-order valence-electron chi connectivity index (χ3n) is 5.48. The number of hydrogen-bond donors (Lipinski definition) is 0. The van der Waals surface area contributed by atoms with Gasteiger partial charge >= 0.3 is 0 Å². The predicted molar refractivity (Wildman–Crippen MR) is 110 cm³/mol. The van der Waals surface area contributed by atoms with Gasteiger partial charge in [0.05, 0.1) is 27.9 Å². The van der Waals surface area contributed by atoms with E-state index in [0.29, 0.717) is 41.8 Å². The largest absolute Gasteiger partial charge is 0.493 e. The highest BCUT2D eigenvalue weighted by Crippen LogP contribution is 2.51. The minimum atomic E-state index is -0.776. The first-order valence-corrected chi connectivity index (χ1v) is 10.1. The van der Waals surface area contributed by atoms with Crippen LogP contribution in [0.5, 0.6) is 34.5 Å². The Labute approximate surface area is 176 Å². The molecule has 0 N–H and O–H groups in total. The highest BCUT2D eigenvalue weighted by atomic mass is 16.7. The summed E-state index contributed by atoms with van der Waals surface area (Å²) in [5, 5.41) is 0. The first-order chi connectivity index (χ1) is 14.5. The Bertz CT molecular complexity index is 901. The summed E-state index contributed by atoms with van der Waals surface area (Å²) in [5.74, 6) is 3.09. The summed E-state index contributed by atoms with van der Waals surface area (Å²) in [6.45, 7) is 4.87. The quantitative estimate of drug-likeness (QED) is 0.658. The second kappa shape index (κ2) is 8.14. The van der Waals surface area contributed by atoms with E-state index in [9.17, 15) is 0 Å². The lowest BCUT2D eigenvalue weighted by Gasteiger charge is -2.40. The molecular weight excluding hydrogens is 388 g/mol. The maximum Gasteiger partial charge on any atom is 0.231 e. The molecule has 7 heteroatoms. The van der Waals surface area contributed by atoms with Gasteiger partial charge in [-0.3, -0.25) is 0 Å². The van der Waals surface area contributed by atoms with E-state index in [1.807, 2.05) is 31.2 Å². The molecular formula is C23H28O7. The molecule has 7 nitrogen and oxygen atoms in total. The molecule has 162 valence electrons. The topological polar surface area (TPSA) is 64.6 Å². The second-order valence-electron chi connectivity index (χ2n) is 7.54. The van der Waals surface area contributed by atoms with Gasteiger partial charge in [0.25, 0.3) is 0 Å². The normalized spacial score (nSPS) is 21.6. The van der Waals surface area contributed by atoms with E-state index in [4.69, 9.17) is 33.2 Å². The van der Waals surface area contributed by atoms with Gasteiger partial charge in [-0.1, -0.05) is 6.92 Å². The zero-order valence-corrected chi connectivity index (χ0v) is 18.1. The van der Waals surface area contributed by atoms with Crippen LogP contribution in [0.4, 0.5) is 0 Å². The van der Waals surface area contributed by atoms with Crippen LogP contribution in [0.2, 0.25) is 0 Å². The van der Waals surface area contributed by atoms with Crippen molar-refractivity contribution in [2.45, 2.75) is 38.4 Å². The van der Waals surface area contributed by atoms with Crippen molar-refractivity contribution in [1.82, 2.24) is 0 Å². The first-order valence-electron chi connectivity index (χ1n) is 10.1. The molecule has 2 aromatic rings. The molecule has 0 radical (unpaired) electrons. The van der Waals surface area contributed by atoms with Crippen molar-refractivity contribution in [2.24, 2.45) is 0 Å². The molecule has 0 unspecified atom stereocenters. The zero-order valence-electron chi connectivity index (χ0n) is 18.1. The maximum absolute atomic E-state index is 6.31. The van der Waals surface area contributed by atoms with Crippen molar-refractivity contribution >= 4 is 0 Å². The Hall–Kier alpha value is -2.80. The summed E-state index contributed by atoms with van der Waals surface area (Å²) in [6.07, 6.45) is 1.53. The summed E-state index contributed by atoms with van der Waals surface area (Å²) in [4.78, 5) is 0. The zero-order chi connectivity index (χ0) is 21.3. The second-order valence-corrected chi connectivity index (χ2v) is 7.54. The summed E-state index contributed by atoms with van der Waals surface area (Å²) in [7, 11) is 4.83. The van der Waals surface area contributed by atoms with Gasteiger partial charge in [0.1, 0.15) is 5.75 Å².